The van der Waals surface area contributed by atoms with E-state index in [-0.39, 0.29) is 34.9 Å². The van der Waals surface area contributed by atoms with Crippen LogP contribution in [0.25, 0.3) is 34.0 Å². The Morgan fingerprint density at radius 2 is 1.69 bits per heavy atom. The lowest BCUT2D eigenvalue weighted by molar-refractivity contribution is -0.146. The standard InChI is InChI=1S/C30H30F3N3O3/c1-5-26(29(37)38-6-2)34-19(4)20-11-13-21(14-12-20)27-35-28(39-36-27)22-15-16-24(25(17-22)30(31,32)33)23-10-8-7-9-18(23)3/h7-17,19,26,34H,5-6H2,1-4H3/t19-,26-/m1/s1. The van der Waals surface area contributed by atoms with Crippen LogP contribution >= 0.6 is 0 Å². The number of hydrogen-bond donors (Lipinski definition) is 1. The molecule has 0 saturated heterocycles. The van der Waals surface area contributed by atoms with Crippen LogP contribution in [-0.4, -0.2) is 28.8 Å². The highest BCUT2D eigenvalue weighted by Crippen LogP contribution is 2.40. The fraction of sp³-hybridized carbons (Fsp3) is 0.300. The second kappa shape index (κ2) is 11.8. The lowest BCUT2D eigenvalue weighted by Gasteiger charge is -2.21. The molecular weight excluding hydrogens is 507 g/mol. The maximum Gasteiger partial charge on any atom is 0.417 e. The Hall–Kier alpha value is -3.98. The summed E-state index contributed by atoms with van der Waals surface area (Å²) in [4.78, 5) is 16.5. The first-order valence-corrected chi connectivity index (χ1v) is 12.8. The Morgan fingerprint density at radius 3 is 2.33 bits per heavy atom. The lowest BCUT2D eigenvalue weighted by Crippen LogP contribution is -2.39. The van der Waals surface area contributed by atoms with Gasteiger partial charge in [0.2, 0.25) is 5.82 Å². The summed E-state index contributed by atoms with van der Waals surface area (Å²) in [7, 11) is 0. The molecule has 0 unspecified atom stereocenters. The first-order chi connectivity index (χ1) is 18.6. The van der Waals surface area contributed by atoms with Crippen LogP contribution in [0, 0.1) is 6.92 Å². The van der Waals surface area contributed by atoms with Crippen molar-refractivity contribution in [3.05, 3.63) is 83.4 Å². The quantitative estimate of drug-likeness (QED) is 0.224. The summed E-state index contributed by atoms with van der Waals surface area (Å²) in [6.07, 6.45) is -3.98. The summed E-state index contributed by atoms with van der Waals surface area (Å²) in [5.74, 6) is -0.0405. The lowest BCUT2D eigenvalue weighted by atomic mass is 9.94. The molecule has 6 nitrogen and oxygen atoms in total. The summed E-state index contributed by atoms with van der Waals surface area (Å²) >= 11 is 0. The van der Waals surface area contributed by atoms with Gasteiger partial charge in [0, 0.05) is 17.2 Å². The van der Waals surface area contributed by atoms with E-state index in [2.05, 4.69) is 15.5 Å². The summed E-state index contributed by atoms with van der Waals surface area (Å²) in [6, 6.07) is 17.8. The molecular formula is C30H30F3N3O3. The third-order valence-electron chi connectivity index (χ3n) is 6.53. The van der Waals surface area contributed by atoms with Crippen LogP contribution < -0.4 is 5.32 Å². The van der Waals surface area contributed by atoms with E-state index in [4.69, 9.17) is 9.26 Å². The topological polar surface area (TPSA) is 77.2 Å². The van der Waals surface area contributed by atoms with E-state index in [0.29, 0.717) is 24.2 Å². The number of benzene rings is 3. The van der Waals surface area contributed by atoms with Gasteiger partial charge in [0.15, 0.2) is 0 Å². The fourth-order valence-corrected chi connectivity index (χ4v) is 4.39. The monoisotopic (exact) mass is 537 g/mol. The van der Waals surface area contributed by atoms with Gasteiger partial charge in [-0.1, -0.05) is 66.7 Å². The zero-order valence-electron chi connectivity index (χ0n) is 22.2. The third kappa shape index (κ3) is 6.37. The number of hydrogen-bond acceptors (Lipinski definition) is 6. The summed E-state index contributed by atoms with van der Waals surface area (Å²) in [5.41, 5.74) is 2.34. The fourth-order valence-electron chi connectivity index (χ4n) is 4.39. The Morgan fingerprint density at radius 1 is 1.00 bits per heavy atom. The van der Waals surface area contributed by atoms with Crippen molar-refractivity contribution in [3.63, 3.8) is 0 Å². The highest BCUT2D eigenvalue weighted by molar-refractivity contribution is 5.76. The van der Waals surface area contributed by atoms with E-state index in [9.17, 15) is 18.0 Å². The molecule has 0 aliphatic rings. The van der Waals surface area contributed by atoms with Gasteiger partial charge in [0.1, 0.15) is 6.04 Å². The number of halogens is 3. The molecule has 1 N–H and O–H groups in total. The number of esters is 1. The molecule has 3 aromatic carbocycles. The van der Waals surface area contributed by atoms with Gasteiger partial charge in [-0.25, -0.2) is 0 Å². The van der Waals surface area contributed by atoms with Gasteiger partial charge in [-0.3, -0.25) is 10.1 Å². The average molecular weight is 538 g/mol. The maximum atomic E-state index is 14.0. The number of aryl methyl sites for hydroxylation is 1. The van der Waals surface area contributed by atoms with Crippen molar-refractivity contribution in [1.82, 2.24) is 15.5 Å². The third-order valence-corrected chi connectivity index (χ3v) is 6.53. The van der Waals surface area contributed by atoms with Crippen molar-refractivity contribution in [2.24, 2.45) is 0 Å². The Kier molecular flexibility index (Phi) is 8.50. The highest BCUT2D eigenvalue weighted by Gasteiger charge is 2.35. The van der Waals surface area contributed by atoms with E-state index >= 15 is 0 Å². The average Bonchev–Trinajstić information content (AvgIpc) is 3.42. The van der Waals surface area contributed by atoms with Gasteiger partial charge in [-0.05, 0) is 61.6 Å². The summed E-state index contributed by atoms with van der Waals surface area (Å²) in [6.45, 7) is 7.72. The number of aromatic nitrogens is 2. The van der Waals surface area contributed by atoms with Gasteiger partial charge in [0.25, 0.3) is 5.89 Å². The van der Waals surface area contributed by atoms with Gasteiger partial charge in [0.05, 0.1) is 12.2 Å². The SMILES string of the molecule is CCOC(=O)[C@@H](CC)N[C@H](C)c1ccc(-c2noc(-c3ccc(-c4ccccc4C)c(C(F)(F)F)c3)n2)cc1. The molecule has 2 atom stereocenters. The van der Waals surface area contributed by atoms with E-state index in [0.717, 1.165) is 17.2 Å². The Labute approximate surface area is 225 Å². The van der Waals surface area contributed by atoms with Crippen LogP contribution in [0.3, 0.4) is 0 Å². The highest BCUT2D eigenvalue weighted by atomic mass is 19.4. The number of carbonyl (C=O) groups excluding carboxylic acids is 1. The zero-order chi connectivity index (χ0) is 28.2. The van der Waals surface area contributed by atoms with Crippen molar-refractivity contribution in [2.75, 3.05) is 6.61 Å². The molecule has 39 heavy (non-hydrogen) atoms. The van der Waals surface area contributed by atoms with Crippen LogP contribution in [0.1, 0.15) is 49.9 Å². The Balaban J connectivity index is 1.56. The molecule has 0 fully saturated rings. The smallest absolute Gasteiger partial charge is 0.417 e. The summed E-state index contributed by atoms with van der Waals surface area (Å²) in [5, 5.41) is 7.26. The molecule has 0 spiro atoms. The van der Waals surface area contributed by atoms with E-state index < -0.39 is 17.8 Å². The molecule has 4 aromatic rings. The second-order valence-electron chi connectivity index (χ2n) is 9.22. The van der Waals surface area contributed by atoms with Crippen molar-refractivity contribution in [2.45, 2.75) is 52.4 Å². The molecule has 0 bridgehead atoms. The molecule has 0 saturated carbocycles. The second-order valence-corrected chi connectivity index (χ2v) is 9.22. The minimum atomic E-state index is -4.57. The Bertz CT molecular complexity index is 1430. The summed E-state index contributed by atoms with van der Waals surface area (Å²) < 4.78 is 52.5. The molecule has 9 heteroatoms. The van der Waals surface area contributed by atoms with Crippen molar-refractivity contribution in [1.29, 1.82) is 0 Å². The van der Waals surface area contributed by atoms with Crippen LogP contribution in [0.15, 0.2) is 71.3 Å². The largest absolute Gasteiger partial charge is 0.465 e. The number of alkyl halides is 3. The number of carbonyl (C=O) groups is 1. The van der Waals surface area contributed by atoms with Gasteiger partial charge >= 0.3 is 12.1 Å². The van der Waals surface area contributed by atoms with Crippen molar-refractivity contribution >= 4 is 5.97 Å². The molecule has 0 amide bonds. The zero-order valence-corrected chi connectivity index (χ0v) is 22.2. The van der Waals surface area contributed by atoms with Crippen molar-refractivity contribution < 1.29 is 27.2 Å². The first-order valence-electron chi connectivity index (χ1n) is 12.8. The number of nitrogens with one attached hydrogen (secondary N) is 1. The van der Waals surface area contributed by atoms with E-state index in [1.54, 1.807) is 56.3 Å². The predicted molar refractivity (Wildman–Crippen MR) is 143 cm³/mol. The number of rotatable bonds is 9. The van der Waals surface area contributed by atoms with E-state index in [1.807, 2.05) is 26.0 Å². The molecule has 204 valence electrons. The molecule has 4 rings (SSSR count). The number of ether oxygens (including phenoxy) is 1. The molecule has 1 heterocycles. The van der Waals surface area contributed by atoms with Gasteiger partial charge < -0.3 is 9.26 Å². The minimum Gasteiger partial charge on any atom is -0.465 e. The van der Waals surface area contributed by atoms with Crippen molar-refractivity contribution in [3.8, 4) is 34.0 Å². The first kappa shape index (κ1) is 28.0. The molecule has 0 radical (unpaired) electrons. The molecule has 0 aliphatic heterocycles. The minimum absolute atomic E-state index is 0.00818. The van der Waals surface area contributed by atoms with Crippen LogP contribution in [-0.2, 0) is 15.7 Å². The van der Waals surface area contributed by atoms with Crippen LogP contribution in [0.2, 0.25) is 0 Å². The normalized spacial score (nSPS) is 13.2. The number of nitrogens with zero attached hydrogens (tertiary/aromatic N) is 2. The van der Waals surface area contributed by atoms with E-state index in [1.165, 1.54) is 6.07 Å². The van der Waals surface area contributed by atoms with Crippen LogP contribution in [0.4, 0.5) is 13.2 Å². The maximum absolute atomic E-state index is 14.0. The van der Waals surface area contributed by atoms with Gasteiger partial charge in [-0.15, -0.1) is 0 Å². The molecule has 0 aliphatic carbocycles. The van der Waals surface area contributed by atoms with Crippen LogP contribution in [0.5, 0.6) is 0 Å². The molecule has 1 aromatic heterocycles. The predicted octanol–water partition coefficient (Wildman–Crippen LogP) is 7.39. The van der Waals surface area contributed by atoms with Gasteiger partial charge in [-0.2, -0.15) is 18.2 Å².